The standard InChI is InChI=1S/C50H97NO11S/c1-3-5-7-9-11-13-15-17-19-20-21-22-23-24-26-27-29-31-33-35-37-39-44(53)43(42-60-50-48(56)49(62-63(57,58)59)47(55)45(41-52)61-50)51-46(54)40-38-36-34-32-30-28-25-18-16-14-12-10-8-6-4-2/h14,16,43-45,47-50,52-53,55-56H,3-13,15,17-42H2,1-2H3,(H,51,54)(H,57,58,59)/b16-14-. The molecule has 6 N–H and O–H groups in total. The second kappa shape index (κ2) is 41.1. The van der Waals surface area contributed by atoms with Gasteiger partial charge in [0.25, 0.3) is 0 Å². The van der Waals surface area contributed by atoms with Crippen LogP contribution in [0.3, 0.4) is 0 Å². The Morgan fingerprint density at radius 1 is 0.619 bits per heavy atom. The SMILES string of the molecule is CCCCCC/C=C\CCCCCCCCCC(=O)NC(COC1OC(CO)C(O)C(OS(=O)(=O)O)C1O)C(O)CCCCCCCCCCCCCCCCCCCCCCC. The minimum atomic E-state index is -5.08. The molecule has 0 spiro atoms. The molecular formula is C50H97NO11S. The summed E-state index contributed by atoms with van der Waals surface area (Å²) in [5.74, 6) is -0.232. The van der Waals surface area contributed by atoms with Crippen LogP contribution in [0.4, 0.5) is 0 Å². The van der Waals surface area contributed by atoms with Crippen molar-refractivity contribution in [2.75, 3.05) is 13.2 Å². The van der Waals surface area contributed by atoms with Crippen molar-refractivity contribution in [1.29, 1.82) is 0 Å². The van der Waals surface area contributed by atoms with Crippen LogP contribution in [0.1, 0.15) is 245 Å². The fourth-order valence-electron chi connectivity index (χ4n) is 8.51. The Morgan fingerprint density at radius 2 is 1.02 bits per heavy atom. The summed E-state index contributed by atoms with van der Waals surface area (Å²) in [6.07, 6.45) is 37.8. The van der Waals surface area contributed by atoms with Gasteiger partial charge in [0, 0.05) is 6.42 Å². The van der Waals surface area contributed by atoms with Crippen molar-refractivity contribution >= 4 is 16.3 Å². The third kappa shape index (κ3) is 33.9. The molecule has 7 unspecified atom stereocenters. The first-order valence-electron chi connectivity index (χ1n) is 26.1. The van der Waals surface area contributed by atoms with Crippen LogP contribution in [-0.2, 0) is 28.9 Å². The van der Waals surface area contributed by atoms with E-state index in [1.165, 1.54) is 161 Å². The molecule has 7 atom stereocenters. The zero-order valence-corrected chi connectivity index (χ0v) is 41.0. The molecule has 0 aliphatic carbocycles. The lowest BCUT2D eigenvalue weighted by Crippen LogP contribution is -2.61. The zero-order chi connectivity index (χ0) is 46.2. The summed E-state index contributed by atoms with van der Waals surface area (Å²) in [5, 5.41) is 45.0. The number of ether oxygens (including phenoxy) is 2. The fraction of sp³-hybridized carbons (Fsp3) is 0.940. The first-order valence-corrected chi connectivity index (χ1v) is 27.4. The maximum Gasteiger partial charge on any atom is 0.397 e. The molecule has 13 heteroatoms. The third-order valence-corrected chi connectivity index (χ3v) is 13.0. The molecule has 1 amide bonds. The van der Waals surface area contributed by atoms with Crippen molar-refractivity contribution in [1.82, 2.24) is 5.32 Å². The van der Waals surface area contributed by atoms with Gasteiger partial charge in [-0.2, -0.15) is 8.42 Å². The highest BCUT2D eigenvalue weighted by Crippen LogP contribution is 2.26. The van der Waals surface area contributed by atoms with E-state index in [9.17, 15) is 38.2 Å². The summed E-state index contributed by atoms with van der Waals surface area (Å²) in [6.45, 7) is 3.46. The second-order valence-corrected chi connectivity index (χ2v) is 19.5. The number of hydrogen-bond acceptors (Lipinski definition) is 10. The number of hydrogen-bond donors (Lipinski definition) is 6. The molecule has 0 saturated carbocycles. The highest BCUT2D eigenvalue weighted by atomic mass is 32.3. The van der Waals surface area contributed by atoms with Crippen LogP contribution >= 0.6 is 0 Å². The van der Waals surface area contributed by atoms with Gasteiger partial charge in [0.1, 0.15) is 24.4 Å². The first kappa shape index (κ1) is 59.9. The van der Waals surface area contributed by atoms with Gasteiger partial charge in [-0.05, 0) is 38.5 Å². The maximum atomic E-state index is 13.1. The summed E-state index contributed by atoms with van der Waals surface area (Å²) in [7, 11) is -5.08. The van der Waals surface area contributed by atoms with E-state index in [0.717, 1.165) is 51.4 Å². The van der Waals surface area contributed by atoms with Crippen LogP contribution in [0, 0.1) is 0 Å². The van der Waals surface area contributed by atoms with Crippen LogP contribution in [0.15, 0.2) is 12.2 Å². The summed E-state index contributed by atoms with van der Waals surface area (Å²) >= 11 is 0. The quantitative estimate of drug-likeness (QED) is 0.0193. The third-order valence-electron chi connectivity index (χ3n) is 12.6. The Morgan fingerprint density at radius 3 is 1.44 bits per heavy atom. The normalized spacial score (nSPS) is 20.4. The number of amides is 1. The van der Waals surface area contributed by atoms with E-state index in [2.05, 4.69) is 35.5 Å². The summed E-state index contributed by atoms with van der Waals surface area (Å²) in [6, 6.07) is -0.857. The van der Waals surface area contributed by atoms with Gasteiger partial charge in [0.05, 0.1) is 25.4 Å². The van der Waals surface area contributed by atoms with E-state index in [1.54, 1.807) is 0 Å². The predicted octanol–water partition coefficient (Wildman–Crippen LogP) is 11.1. The van der Waals surface area contributed by atoms with Crippen molar-refractivity contribution < 1.29 is 51.8 Å². The molecule has 1 saturated heterocycles. The Hall–Kier alpha value is -1.16. The van der Waals surface area contributed by atoms with Gasteiger partial charge in [-0.3, -0.25) is 9.35 Å². The highest BCUT2D eigenvalue weighted by Gasteiger charge is 2.48. The Balaban J connectivity index is 2.41. The maximum absolute atomic E-state index is 13.1. The number of allylic oxidation sites excluding steroid dienone is 2. The average molecular weight is 920 g/mol. The molecule has 1 fully saturated rings. The Labute approximate surface area is 385 Å². The van der Waals surface area contributed by atoms with E-state index >= 15 is 0 Å². The fourth-order valence-corrected chi connectivity index (χ4v) is 9.02. The van der Waals surface area contributed by atoms with Gasteiger partial charge in [-0.15, -0.1) is 0 Å². The van der Waals surface area contributed by atoms with Crippen molar-refractivity contribution in [2.24, 2.45) is 0 Å². The molecule has 1 aliphatic heterocycles. The smallest absolute Gasteiger partial charge is 0.394 e. The van der Waals surface area contributed by atoms with Crippen molar-refractivity contribution in [2.45, 2.75) is 288 Å². The molecule has 374 valence electrons. The van der Waals surface area contributed by atoms with Crippen molar-refractivity contribution in [3.8, 4) is 0 Å². The van der Waals surface area contributed by atoms with Crippen LogP contribution < -0.4 is 5.32 Å². The van der Waals surface area contributed by atoms with Crippen molar-refractivity contribution in [3.63, 3.8) is 0 Å². The topological polar surface area (TPSA) is 192 Å². The minimum absolute atomic E-state index is 0.232. The largest absolute Gasteiger partial charge is 0.397 e. The monoisotopic (exact) mass is 920 g/mol. The molecule has 0 bridgehead atoms. The number of aliphatic hydroxyl groups excluding tert-OH is 4. The molecule has 12 nitrogen and oxygen atoms in total. The predicted molar refractivity (Wildman–Crippen MR) is 255 cm³/mol. The molecule has 1 heterocycles. The summed E-state index contributed by atoms with van der Waals surface area (Å²) < 4.78 is 47.8. The molecule has 0 aromatic rings. The first-order chi connectivity index (χ1) is 30.5. The number of carbonyl (C=O) groups excluding carboxylic acids is 1. The van der Waals surface area contributed by atoms with Gasteiger partial charge >= 0.3 is 10.4 Å². The van der Waals surface area contributed by atoms with Crippen LogP contribution in [-0.4, -0.2) is 95.4 Å². The summed E-state index contributed by atoms with van der Waals surface area (Å²) in [5.41, 5.74) is 0. The lowest BCUT2D eigenvalue weighted by atomic mass is 9.99. The van der Waals surface area contributed by atoms with Gasteiger partial charge in [0.2, 0.25) is 5.91 Å². The van der Waals surface area contributed by atoms with E-state index in [-0.39, 0.29) is 18.9 Å². The van der Waals surface area contributed by atoms with E-state index < -0.39 is 59.9 Å². The van der Waals surface area contributed by atoms with Gasteiger partial charge in [-0.1, -0.05) is 212 Å². The number of unbranched alkanes of at least 4 members (excludes halogenated alkanes) is 31. The Kier molecular flexibility index (Phi) is 39.0. The molecule has 63 heavy (non-hydrogen) atoms. The zero-order valence-electron chi connectivity index (χ0n) is 40.2. The molecule has 0 radical (unpaired) electrons. The molecule has 0 aromatic heterocycles. The van der Waals surface area contributed by atoms with E-state index in [4.69, 9.17) is 9.47 Å². The van der Waals surface area contributed by atoms with Crippen molar-refractivity contribution in [3.05, 3.63) is 12.2 Å². The van der Waals surface area contributed by atoms with E-state index in [0.29, 0.717) is 12.8 Å². The molecule has 1 rings (SSSR count). The van der Waals surface area contributed by atoms with Gasteiger partial charge in [-0.25, -0.2) is 4.18 Å². The second-order valence-electron chi connectivity index (χ2n) is 18.5. The Bertz CT molecular complexity index is 1180. The summed E-state index contributed by atoms with van der Waals surface area (Å²) in [4.78, 5) is 13.1. The number of nitrogens with one attached hydrogen (secondary N) is 1. The molecule has 1 aliphatic rings. The minimum Gasteiger partial charge on any atom is -0.394 e. The number of carbonyl (C=O) groups is 1. The number of aliphatic hydroxyl groups is 4. The van der Waals surface area contributed by atoms with Crippen LogP contribution in [0.25, 0.3) is 0 Å². The molecule has 0 aromatic carbocycles. The van der Waals surface area contributed by atoms with Gasteiger partial charge in [0.15, 0.2) is 6.29 Å². The number of rotatable bonds is 45. The van der Waals surface area contributed by atoms with Gasteiger partial charge < -0.3 is 35.2 Å². The molecular weight excluding hydrogens is 823 g/mol. The average Bonchev–Trinajstić information content (AvgIpc) is 3.25. The van der Waals surface area contributed by atoms with Crippen LogP contribution in [0.5, 0.6) is 0 Å². The lowest BCUT2D eigenvalue weighted by Gasteiger charge is -2.41. The van der Waals surface area contributed by atoms with E-state index in [1.807, 2.05) is 0 Å². The highest BCUT2D eigenvalue weighted by molar-refractivity contribution is 7.80. The van der Waals surface area contributed by atoms with Crippen LogP contribution in [0.2, 0.25) is 0 Å². The lowest BCUT2D eigenvalue weighted by molar-refractivity contribution is -0.298.